The van der Waals surface area contributed by atoms with E-state index >= 15 is 0 Å². The van der Waals surface area contributed by atoms with E-state index in [4.69, 9.17) is 4.98 Å². The van der Waals surface area contributed by atoms with Crippen LogP contribution in [0.5, 0.6) is 0 Å². The number of rotatable bonds is 2. The first-order chi connectivity index (χ1) is 7.59. The van der Waals surface area contributed by atoms with Crippen LogP contribution in [0.25, 0.3) is 0 Å². The SMILES string of the molecule is CC1(C)CC1(CO)c1cn2c(n1)CCCC2. The first-order valence-electron chi connectivity index (χ1n) is 6.26. The molecule has 0 bridgehead atoms. The second kappa shape index (κ2) is 3.10. The highest BCUT2D eigenvalue weighted by Gasteiger charge is 2.63. The Morgan fingerprint density at radius 3 is 2.75 bits per heavy atom. The van der Waals surface area contributed by atoms with Gasteiger partial charge in [-0.2, -0.15) is 0 Å². The topological polar surface area (TPSA) is 38.0 Å². The Morgan fingerprint density at radius 1 is 1.44 bits per heavy atom. The lowest BCUT2D eigenvalue weighted by Crippen LogP contribution is -2.19. The van der Waals surface area contributed by atoms with Crippen LogP contribution < -0.4 is 0 Å². The zero-order chi connectivity index (χ0) is 11.4. The standard InChI is InChI=1S/C13H20N2O/c1-12(2)8-13(12,9-16)10-7-15-6-4-3-5-11(15)14-10/h7,16H,3-6,8-9H2,1-2H3. The van der Waals surface area contributed by atoms with Crippen molar-refractivity contribution in [2.75, 3.05) is 6.61 Å². The van der Waals surface area contributed by atoms with E-state index in [9.17, 15) is 5.11 Å². The summed E-state index contributed by atoms with van der Waals surface area (Å²) < 4.78 is 2.28. The number of aliphatic hydroxyl groups excluding tert-OH is 1. The zero-order valence-electron chi connectivity index (χ0n) is 10.2. The summed E-state index contributed by atoms with van der Waals surface area (Å²) in [7, 11) is 0. The molecule has 1 aromatic heterocycles. The van der Waals surface area contributed by atoms with Gasteiger partial charge < -0.3 is 9.67 Å². The van der Waals surface area contributed by atoms with Gasteiger partial charge in [0.1, 0.15) is 5.82 Å². The predicted molar refractivity (Wildman–Crippen MR) is 62.3 cm³/mol. The largest absolute Gasteiger partial charge is 0.395 e. The predicted octanol–water partition coefficient (Wildman–Crippen LogP) is 1.88. The first-order valence-corrected chi connectivity index (χ1v) is 6.26. The van der Waals surface area contributed by atoms with E-state index in [-0.39, 0.29) is 17.4 Å². The summed E-state index contributed by atoms with van der Waals surface area (Å²) in [4.78, 5) is 4.75. The number of fused-ring (bicyclic) bond motifs is 1. The molecule has 1 N–H and O–H groups in total. The van der Waals surface area contributed by atoms with E-state index < -0.39 is 0 Å². The Bertz CT molecular complexity index is 398. The molecule has 0 spiro atoms. The van der Waals surface area contributed by atoms with Crippen LogP contribution in [0.2, 0.25) is 0 Å². The Labute approximate surface area is 96.5 Å². The van der Waals surface area contributed by atoms with Crippen molar-refractivity contribution >= 4 is 0 Å². The van der Waals surface area contributed by atoms with Crippen LogP contribution in [0.4, 0.5) is 0 Å². The molecule has 0 amide bonds. The molecule has 1 atom stereocenters. The van der Waals surface area contributed by atoms with Crippen LogP contribution in [0.15, 0.2) is 6.20 Å². The van der Waals surface area contributed by atoms with Gasteiger partial charge in [0, 0.05) is 24.6 Å². The molecule has 16 heavy (non-hydrogen) atoms. The molecule has 1 aliphatic carbocycles. The highest BCUT2D eigenvalue weighted by Crippen LogP contribution is 2.63. The van der Waals surface area contributed by atoms with Gasteiger partial charge in [0.25, 0.3) is 0 Å². The molecule has 88 valence electrons. The minimum absolute atomic E-state index is 0.0582. The van der Waals surface area contributed by atoms with Crippen molar-refractivity contribution in [2.24, 2.45) is 5.41 Å². The molecule has 3 heteroatoms. The molecule has 0 saturated heterocycles. The molecule has 3 nitrogen and oxygen atoms in total. The lowest BCUT2D eigenvalue weighted by Gasteiger charge is -2.14. The average Bonchev–Trinajstić information content (AvgIpc) is 2.67. The molecule has 0 radical (unpaired) electrons. The maximum atomic E-state index is 9.66. The molecule has 3 rings (SSSR count). The molecule has 2 aliphatic rings. The van der Waals surface area contributed by atoms with Gasteiger partial charge in [-0.1, -0.05) is 13.8 Å². The lowest BCUT2D eigenvalue weighted by atomic mass is 9.94. The highest BCUT2D eigenvalue weighted by molar-refractivity contribution is 5.32. The Kier molecular flexibility index (Phi) is 2.00. The molecule has 2 heterocycles. The fraction of sp³-hybridized carbons (Fsp3) is 0.769. The summed E-state index contributed by atoms with van der Waals surface area (Å²) in [6.45, 7) is 5.78. The number of hydrogen-bond acceptors (Lipinski definition) is 2. The fourth-order valence-corrected chi connectivity index (χ4v) is 3.14. The number of imidazole rings is 1. The number of aromatic nitrogens is 2. The number of aliphatic hydroxyl groups is 1. The summed E-state index contributed by atoms with van der Waals surface area (Å²) in [6, 6.07) is 0. The second-order valence-corrected chi connectivity index (χ2v) is 5.99. The molecular weight excluding hydrogens is 200 g/mol. The third-order valence-corrected chi connectivity index (χ3v) is 4.58. The van der Waals surface area contributed by atoms with E-state index in [1.165, 1.54) is 18.7 Å². The summed E-state index contributed by atoms with van der Waals surface area (Å²) in [5, 5.41) is 9.66. The van der Waals surface area contributed by atoms with E-state index in [0.717, 1.165) is 25.1 Å². The average molecular weight is 220 g/mol. The minimum atomic E-state index is -0.0582. The van der Waals surface area contributed by atoms with Gasteiger partial charge in [0.15, 0.2) is 0 Å². The Hall–Kier alpha value is -0.830. The van der Waals surface area contributed by atoms with Gasteiger partial charge in [-0.3, -0.25) is 0 Å². The summed E-state index contributed by atoms with van der Waals surface area (Å²) in [6.07, 6.45) is 6.86. The van der Waals surface area contributed by atoms with Crippen molar-refractivity contribution in [3.8, 4) is 0 Å². The third kappa shape index (κ3) is 1.21. The summed E-state index contributed by atoms with van der Waals surface area (Å²) in [5.41, 5.74) is 1.28. The van der Waals surface area contributed by atoms with Gasteiger partial charge in [-0.15, -0.1) is 0 Å². The lowest BCUT2D eigenvalue weighted by molar-refractivity contribution is 0.229. The van der Waals surface area contributed by atoms with Crippen LogP contribution in [-0.4, -0.2) is 21.3 Å². The van der Waals surface area contributed by atoms with E-state index in [1.54, 1.807) is 0 Å². The van der Waals surface area contributed by atoms with Crippen LogP contribution in [0.1, 0.15) is 44.6 Å². The van der Waals surface area contributed by atoms with Crippen LogP contribution >= 0.6 is 0 Å². The third-order valence-electron chi connectivity index (χ3n) is 4.58. The summed E-state index contributed by atoms with van der Waals surface area (Å²) >= 11 is 0. The van der Waals surface area contributed by atoms with Crippen molar-refractivity contribution in [1.82, 2.24) is 9.55 Å². The first kappa shape index (κ1) is 10.3. The van der Waals surface area contributed by atoms with Crippen molar-refractivity contribution in [2.45, 2.75) is 51.5 Å². The van der Waals surface area contributed by atoms with Gasteiger partial charge in [-0.25, -0.2) is 4.98 Å². The quantitative estimate of drug-likeness (QED) is 0.826. The molecule has 1 aliphatic heterocycles. The van der Waals surface area contributed by atoms with Gasteiger partial charge in [-0.05, 0) is 24.7 Å². The van der Waals surface area contributed by atoms with Crippen molar-refractivity contribution in [1.29, 1.82) is 0 Å². The molecule has 1 unspecified atom stereocenters. The van der Waals surface area contributed by atoms with Crippen LogP contribution in [0.3, 0.4) is 0 Å². The fourth-order valence-electron chi connectivity index (χ4n) is 3.14. The molecule has 1 aromatic rings. The van der Waals surface area contributed by atoms with Gasteiger partial charge in [0.2, 0.25) is 0 Å². The van der Waals surface area contributed by atoms with E-state index in [0.29, 0.717) is 0 Å². The van der Waals surface area contributed by atoms with Crippen molar-refractivity contribution in [3.05, 3.63) is 17.7 Å². The van der Waals surface area contributed by atoms with Crippen molar-refractivity contribution in [3.63, 3.8) is 0 Å². The summed E-state index contributed by atoms with van der Waals surface area (Å²) in [5.74, 6) is 1.22. The van der Waals surface area contributed by atoms with Gasteiger partial charge >= 0.3 is 0 Å². The van der Waals surface area contributed by atoms with Crippen LogP contribution in [0, 0.1) is 5.41 Å². The Morgan fingerprint density at radius 2 is 2.19 bits per heavy atom. The molecular formula is C13H20N2O. The molecule has 1 saturated carbocycles. The number of nitrogens with zero attached hydrogens (tertiary/aromatic N) is 2. The monoisotopic (exact) mass is 220 g/mol. The zero-order valence-corrected chi connectivity index (χ0v) is 10.2. The molecule has 0 aromatic carbocycles. The molecule has 1 fully saturated rings. The minimum Gasteiger partial charge on any atom is -0.395 e. The normalized spacial score (nSPS) is 31.2. The smallest absolute Gasteiger partial charge is 0.108 e. The van der Waals surface area contributed by atoms with E-state index in [2.05, 4.69) is 24.6 Å². The van der Waals surface area contributed by atoms with E-state index in [1.807, 2.05) is 0 Å². The Balaban J connectivity index is 1.98. The van der Waals surface area contributed by atoms with Crippen LogP contribution in [-0.2, 0) is 18.4 Å². The highest BCUT2D eigenvalue weighted by atomic mass is 16.3. The van der Waals surface area contributed by atoms with Gasteiger partial charge in [0.05, 0.1) is 12.3 Å². The maximum absolute atomic E-state index is 9.66. The maximum Gasteiger partial charge on any atom is 0.108 e. The van der Waals surface area contributed by atoms with Crippen molar-refractivity contribution < 1.29 is 5.11 Å². The number of aryl methyl sites for hydroxylation is 2. The second-order valence-electron chi connectivity index (χ2n) is 5.99. The number of hydrogen-bond donors (Lipinski definition) is 1.